The molecular formula is C7H5NO6. The predicted octanol–water partition coefficient (Wildman–Crippen LogP) is 0.704. The molecular weight excluding hydrogens is 194 g/mol. The molecule has 0 aliphatic carbocycles. The SMILES string of the molecule is O=C(O)c1cc(O)c([N+](=O)[O-])c(O)c1. The normalized spacial score (nSPS) is 9.71. The number of phenols is 2. The molecule has 0 aliphatic rings. The number of carboxylic acids is 1. The monoisotopic (exact) mass is 199 g/mol. The average molecular weight is 199 g/mol. The van der Waals surface area contributed by atoms with Gasteiger partial charge in [0, 0.05) is 12.1 Å². The molecule has 0 unspecified atom stereocenters. The Balaban J connectivity index is 3.39. The molecule has 3 N–H and O–H groups in total. The molecule has 0 saturated heterocycles. The van der Waals surface area contributed by atoms with E-state index in [1.165, 1.54) is 0 Å². The summed E-state index contributed by atoms with van der Waals surface area (Å²) in [6.07, 6.45) is 0. The van der Waals surface area contributed by atoms with Gasteiger partial charge in [-0.25, -0.2) is 4.79 Å². The molecule has 0 heterocycles. The quantitative estimate of drug-likeness (QED) is 0.476. The summed E-state index contributed by atoms with van der Waals surface area (Å²) in [5.41, 5.74) is -1.33. The standard InChI is InChI=1S/C7H5NO6/c9-4-1-3(7(11)12)2-5(10)6(4)8(13)14/h1-2,9-10H,(H,11,12). The molecule has 1 aromatic carbocycles. The third kappa shape index (κ3) is 1.56. The molecule has 0 spiro atoms. The molecule has 0 aromatic heterocycles. The van der Waals surface area contributed by atoms with E-state index < -0.39 is 33.6 Å². The van der Waals surface area contributed by atoms with E-state index in [1.54, 1.807) is 0 Å². The average Bonchev–Trinajstić information content (AvgIpc) is 2.01. The fourth-order valence-corrected chi connectivity index (χ4v) is 0.915. The van der Waals surface area contributed by atoms with Gasteiger partial charge in [0.1, 0.15) is 0 Å². The molecule has 7 nitrogen and oxygen atoms in total. The molecule has 0 atom stereocenters. The van der Waals surface area contributed by atoms with Crippen LogP contribution in [0.1, 0.15) is 10.4 Å². The molecule has 0 aliphatic heterocycles. The minimum Gasteiger partial charge on any atom is -0.502 e. The maximum atomic E-state index is 10.4. The van der Waals surface area contributed by atoms with E-state index in [0.29, 0.717) is 12.1 Å². The number of hydrogen-bond donors (Lipinski definition) is 3. The number of nitro groups is 1. The Labute approximate surface area is 77.0 Å². The van der Waals surface area contributed by atoms with Gasteiger partial charge in [0.15, 0.2) is 11.5 Å². The lowest BCUT2D eigenvalue weighted by atomic mass is 10.2. The van der Waals surface area contributed by atoms with Gasteiger partial charge in [0.05, 0.1) is 10.5 Å². The van der Waals surface area contributed by atoms with Crippen molar-refractivity contribution in [2.45, 2.75) is 0 Å². The van der Waals surface area contributed by atoms with Crippen LogP contribution in [-0.2, 0) is 0 Å². The third-order valence-electron chi connectivity index (χ3n) is 1.50. The molecule has 7 heteroatoms. The summed E-state index contributed by atoms with van der Waals surface area (Å²) < 4.78 is 0. The summed E-state index contributed by atoms with van der Waals surface area (Å²) in [5.74, 6) is -3.16. The zero-order valence-corrected chi connectivity index (χ0v) is 6.67. The van der Waals surface area contributed by atoms with Gasteiger partial charge >= 0.3 is 11.7 Å². The van der Waals surface area contributed by atoms with Gasteiger partial charge in [-0.15, -0.1) is 0 Å². The van der Waals surface area contributed by atoms with Crippen LogP contribution in [0.5, 0.6) is 11.5 Å². The van der Waals surface area contributed by atoms with Crippen LogP contribution in [0.15, 0.2) is 12.1 Å². The van der Waals surface area contributed by atoms with E-state index >= 15 is 0 Å². The van der Waals surface area contributed by atoms with E-state index in [1.807, 2.05) is 0 Å². The zero-order chi connectivity index (χ0) is 10.9. The van der Waals surface area contributed by atoms with Gasteiger partial charge in [-0.1, -0.05) is 0 Å². The van der Waals surface area contributed by atoms with Crippen molar-refractivity contribution in [3.8, 4) is 11.5 Å². The summed E-state index contributed by atoms with van der Waals surface area (Å²) >= 11 is 0. The Kier molecular flexibility index (Phi) is 2.24. The summed E-state index contributed by atoms with van der Waals surface area (Å²) in [7, 11) is 0. The van der Waals surface area contributed by atoms with E-state index in [2.05, 4.69) is 0 Å². The van der Waals surface area contributed by atoms with E-state index in [0.717, 1.165) is 0 Å². The number of benzene rings is 1. The van der Waals surface area contributed by atoms with Gasteiger partial charge in [0.25, 0.3) is 0 Å². The van der Waals surface area contributed by atoms with E-state index in [9.17, 15) is 14.9 Å². The highest BCUT2D eigenvalue weighted by Gasteiger charge is 2.22. The molecule has 0 radical (unpaired) electrons. The topological polar surface area (TPSA) is 121 Å². The van der Waals surface area contributed by atoms with E-state index in [4.69, 9.17) is 15.3 Å². The number of nitrogens with zero attached hydrogens (tertiary/aromatic N) is 1. The van der Waals surface area contributed by atoms with Crippen LogP contribution in [0.3, 0.4) is 0 Å². The van der Waals surface area contributed by atoms with E-state index in [-0.39, 0.29) is 0 Å². The Morgan fingerprint density at radius 3 is 2.00 bits per heavy atom. The molecule has 14 heavy (non-hydrogen) atoms. The second-order valence-electron chi connectivity index (χ2n) is 2.43. The molecule has 74 valence electrons. The van der Waals surface area contributed by atoms with Crippen LogP contribution in [0, 0.1) is 10.1 Å². The van der Waals surface area contributed by atoms with Gasteiger partial charge in [-0.05, 0) is 0 Å². The molecule has 0 saturated carbocycles. The van der Waals surface area contributed by atoms with Gasteiger partial charge in [0.2, 0.25) is 0 Å². The minimum absolute atomic E-state index is 0.425. The minimum atomic E-state index is -1.40. The fraction of sp³-hybridized carbons (Fsp3) is 0. The molecule has 1 rings (SSSR count). The second kappa shape index (κ2) is 3.21. The Morgan fingerprint density at radius 1 is 1.29 bits per heavy atom. The number of carboxylic acid groups (broad SMARTS) is 1. The largest absolute Gasteiger partial charge is 0.502 e. The lowest BCUT2D eigenvalue weighted by Gasteiger charge is -2.00. The lowest BCUT2D eigenvalue weighted by molar-refractivity contribution is -0.386. The number of nitro benzene ring substituents is 1. The maximum Gasteiger partial charge on any atom is 0.351 e. The highest BCUT2D eigenvalue weighted by Crippen LogP contribution is 2.36. The molecule has 0 bridgehead atoms. The van der Waals surface area contributed by atoms with Crippen LogP contribution in [0.25, 0.3) is 0 Å². The Bertz CT molecular complexity index is 390. The first-order valence-corrected chi connectivity index (χ1v) is 3.37. The van der Waals surface area contributed by atoms with Crippen LogP contribution < -0.4 is 0 Å². The smallest absolute Gasteiger partial charge is 0.351 e. The summed E-state index contributed by atoms with van der Waals surface area (Å²) in [6, 6.07) is 1.39. The molecule has 0 amide bonds. The fourth-order valence-electron chi connectivity index (χ4n) is 0.915. The maximum absolute atomic E-state index is 10.4. The first kappa shape index (κ1) is 9.78. The lowest BCUT2D eigenvalue weighted by Crippen LogP contribution is -1.97. The van der Waals surface area contributed by atoms with Crippen molar-refractivity contribution in [2.24, 2.45) is 0 Å². The number of phenolic OH excluding ortho intramolecular Hbond substituents is 2. The molecule has 0 fully saturated rings. The number of carbonyl (C=O) groups is 1. The van der Waals surface area contributed by atoms with Crippen LogP contribution in [-0.4, -0.2) is 26.2 Å². The Hall–Kier alpha value is -2.31. The van der Waals surface area contributed by atoms with Crippen molar-refractivity contribution in [3.05, 3.63) is 27.8 Å². The van der Waals surface area contributed by atoms with Crippen molar-refractivity contribution in [3.63, 3.8) is 0 Å². The first-order valence-electron chi connectivity index (χ1n) is 3.37. The third-order valence-corrected chi connectivity index (χ3v) is 1.50. The number of aromatic hydroxyl groups is 2. The van der Waals surface area contributed by atoms with Crippen molar-refractivity contribution >= 4 is 11.7 Å². The highest BCUT2D eigenvalue weighted by atomic mass is 16.6. The van der Waals surface area contributed by atoms with Gasteiger partial charge in [-0.2, -0.15) is 0 Å². The van der Waals surface area contributed by atoms with Crippen LogP contribution in [0.2, 0.25) is 0 Å². The van der Waals surface area contributed by atoms with Crippen LogP contribution >= 0.6 is 0 Å². The van der Waals surface area contributed by atoms with Gasteiger partial charge < -0.3 is 15.3 Å². The predicted molar refractivity (Wildman–Crippen MR) is 43.4 cm³/mol. The van der Waals surface area contributed by atoms with Crippen molar-refractivity contribution in [1.82, 2.24) is 0 Å². The number of rotatable bonds is 2. The van der Waals surface area contributed by atoms with Gasteiger partial charge in [-0.3, -0.25) is 10.1 Å². The summed E-state index contributed by atoms with van der Waals surface area (Å²) in [5, 5.41) is 36.8. The zero-order valence-electron chi connectivity index (χ0n) is 6.67. The number of hydrogen-bond acceptors (Lipinski definition) is 5. The first-order chi connectivity index (χ1) is 6.43. The summed E-state index contributed by atoms with van der Waals surface area (Å²) in [4.78, 5) is 19.7. The highest BCUT2D eigenvalue weighted by molar-refractivity contribution is 5.89. The van der Waals surface area contributed by atoms with Crippen molar-refractivity contribution in [2.75, 3.05) is 0 Å². The van der Waals surface area contributed by atoms with Crippen molar-refractivity contribution in [1.29, 1.82) is 0 Å². The molecule has 1 aromatic rings. The second-order valence-corrected chi connectivity index (χ2v) is 2.43. The number of aromatic carboxylic acids is 1. The van der Waals surface area contributed by atoms with Crippen molar-refractivity contribution < 1.29 is 25.0 Å². The Morgan fingerprint density at radius 2 is 1.71 bits per heavy atom. The summed E-state index contributed by atoms with van der Waals surface area (Å²) in [6.45, 7) is 0. The van der Waals surface area contributed by atoms with Crippen LogP contribution in [0.4, 0.5) is 5.69 Å².